The average Bonchev–Trinajstić information content (AvgIpc) is 2.71. The molecule has 0 amide bonds. The van der Waals surface area contributed by atoms with Crippen LogP contribution in [0.15, 0.2) is 12.2 Å². The van der Waals surface area contributed by atoms with Crippen molar-refractivity contribution in [1.82, 2.24) is 0 Å². The third kappa shape index (κ3) is 3.86. The van der Waals surface area contributed by atoms with E-state index in [0.29, 0.717) is 0 Å². The highest BCUT2D eigenvalue weighted by atomic mass is 19.4. The van der Waals surface area contributed by atoms with Crippen molar-refractivity contribution in [3.05, 3.63) is 12.2 Å². The molecule has 2 aliphatic rings. The van der Waals surface area contributed by atoms with Crippen LogP contribution in [0.4, 0.5) is 57.1 Å². The van der Waals surface area contributed by atoms with Crippen LogP contribution in [0.2, 0.25) is 0 Å². The summed E-state index contributed by atoms with van der Waals surface area (Å²) >= 11 is 0. The van der Waals surface area contributed by atoms with Gasteiger partial charge in [-0.2, -0.15) is 57.1 Å². The van der Waals surface area contributed by atoms with E-state index < -0.39 is 84.1 Å². The number of alkyl halides is 13. The van der Waals surface area contributed by atoms with E-state index in [4.69, 9.17) is 0 Å². The van der Waals surface area contributed by atoms with Gasteiger partial charge >= 0.3 is 42.1 Å². The Labute approximate surface area is 194 Å². The number of hydrogen-bond acceptors (Lipinski definition) is 4. The SMILES string of the molecule is C=C(C(=O)OC1(C(F)(F)F)OC(C2CCCCC2)(C(F)(F)F)C(F)(F)C(O)(CC)C1(F)F)C(F)(F)F. The minimum Gasteiger partial charge on any atom is -0.414 e. The summed E-state index contributed by atoms with van der Waals surface area (Å²) in [5.74, 6) is -25.4. The van der Waals surface area contributed by atoms with Crippen molar-refractivity contribution < 1.29 is 76.5 Å². The lowest BCUT2D eigenvalue weighted by atomic mass is 9.63. The molecule has 2 rings (SSSR count). The highest BCUT2D eigenvalue weighted by Gasteiger charge is 2.97. The molecule has 0 aromatic carbocycles. The Balaban J connectivity index is 3.01. The van der Waals surface area contributed by atoms with Crippen molar-refractivity contribution in [2.75, 3.05) is 0 Å². The summed E-state index contributed by atoms with van der Waals surface area (Å²) in [6.45, 7) is 2.20. The molecule has 4 nitrogen and oxygen atoms in total. The molecule has 1 heterocycles. The summed E-state index contributed by atoms with van der Waals surface area (Å²) in [5, 5.41) is 10.3. The number of carbonyl (C=O) groups is 1. The van der Waals surface area contributed by atoms with E-state index in [2.05, 4.69) is 9.47 Å². The molecule has 0 spiro atoms. The molecule has 0 aromatic heterocycles. The third-order valence-corrected chi connectivity index (χ3v) is 6.53. The summed E-state index contributed by atoms with van der Waals surface area (Å²) in [7, 11) is 0. The van der Waals surface area contributed by atoms with Crippen molar-refractivity contribution in [1.29, 1.82) is 0 Å². The predicted molar refractivity (Wildman–Crippen MR) is 91.7 cm³/mol. The molecule has 210 valence electrons. The Morgan fingerprint density at radius 1 is 0.917 bits per heavy atom. The van der Waals surface area contributed by atoms with E-state index in [-0.39, 0.29) is 26.2 Å². The molecule has 1 saturated heterocycles. The fourth-order valence-electron chi connectivity index (χ4n) is 4.58. The zero-order chi connectivity index (χ0) is 28.4. The summed E-state index contributed by atoms with van der Waals surface area (Å²) in [5.41, 5.74) is -14.0. The molecule has 17 heteroatoms. The zero-order valence-electron chi connectivity index (χ0n) is 18.1. The van der Waals surface area contributed by atoms with Gasteiger partial charge in [0.15, 0.2) is 0 Å². The Morgan fingerprint density at radius 2 is 1.39 bits per heavy atom. The van der Waals surface area contributed by atoms with Gasteiger partial charge < -0.3 is 14.6 Å². The second kappa shape index (κ2) is 8.63. The number of carbonyl (C=O) groups excluding carboxylic acids is 1. The maximum Gasteiger partial charge on any atom is 0.462 e. The highest BCUT2D eigenvalue weighted by Crippen LogP contribution is 2.69. The second-order valence-electron chi connectivity index (χ2n) is 8.51. The van der Waals surface area contributed by atoms with Gasteiger partial charge in [-0.05, 0) is 19.3 Å². The normalized spacial score (nSPS) is 33.8. The molecule has 2 fully saturated rings. The molecule has 3 atom stereocenters. The van der Waals surface area contributed by atoms with E-state index in [1.807, 2.05) is 6.58 Å². The van der Waals surface area contributed by atoms with Crippen LogP contribution in [-0.2, 0) is 14.3 Å². The third-order valence-electron chi connectivity index (χ3n) is 6.53. The summed E-state index contributed by atoms with van der Waals surface area (Å²) in [6.07, 6.45) is -24.2. The average molecular weight is 558 g/mol. The summed E-state index contributed by atoms with van der Waals surface area (Å²) in [4.78, 5) is 11.8. The van der Waals surface area contributed by atoms with Gasteiger partial charge in [0.25, 0.3) is 0 Å². The Bertz CT molecular complexity index is 872. The van der Waals surface area contributed by atoms with E-state index in [1.54, 1.807) is 0 Å². The highest BCUT2D eigenvalue weighted by molar-refractivity contribution is 5.89. The zero-order valence-corrected chi connectivity index (χ0v) is 18.1. The van der Waals surface area contributed by atoms with Crippen LogP contribution in [0.25, 0.3) is 0 Å². The fourth-order valence-corrected chi connectivity index (χ4v) is 4.58. The quantitative estimate of drug-likeness (QED) is 0.253. The van der Waals surface area contributed by atoms with Gasteiger partial charge in [0, 0.05) is 5.92 Å². The minimum absolute atomic E-state index is 0.120. The number of aliphatic hydroxyl groups is 1. The summed E-state index contributed by atoms with van der Waals surface area (Å²) in [6, 6.07) is 0. The van der Waals surface area contributed by atoms with Crippen molar-refractivity contribution in [3.8, 4) is 0 Å². The fraction of sp³-hybridized carbons (Fsp3) is 0.842. The van der Waals surface area contributed by atoms with Gasteiger partial charge in [-0.15, -0.1) is 0 Å². The van der Waals surface area contributed by atoms with Gasteiger partial charge in [-0.3, -0.25) is 0 Å². The number of hydrogen-bond donors (Lipinski definition) is 1. The van der Waals surface area contributed by atoms with Gasteiger partial charge in [-0.25, -0.2) is 4.79 Å². The Morgan fingerprint density at radius 3 is 1.75 bits per heavy atom. The van der Waals surface area contributed by atoms with Gasteiger partial charge in [0.2, 0.25) is 11.2 Å². The molecule has 1 aliphatic carbocycles. The molecular formula is C19H19F13O4. The van der Waals surface area contributed by atoms with Gasteiger partial charge in [-0.1, -0.05) is 32.8 Å². The van der Waals surface area contributed by atoms with Crippen LogP contribution in [0, 0.1) is 5.92 Å². The van der Waals surface area contributed by atoms with Crippen molar-refractivity contribution in [2.45, 2.75) is 92.8 Å². The van der Waals surface area contributed by atoms with Crippen LogP contribution in [-0.4, -0.2) is 58.4 Å². The number of esters is 1. The lowest BCUT2D eigenvalue weighted by molar-refractivity contribution is -0.564. The Hall–Kier alpha value is -1.78. The number of ether oxygens (including phenoxy) is 2. The maximum absolute atomic E-state index is 15.5. The van der Waals surface area contributed by atoms with Crippen LogP contribution in [0.3, 0.4) is 0 Å². The minimum atomic E-state index is -7.08. The lowest BCUT2D eigenvalue weighted by Crippen LogP contribution is -2.89. The molecule has 0 bridgehead atoms. The van der Waals surface area contributed by atoms with Gasteiger partial charge in [0.05, 0.1) is 0 Å². The molecule has 0 radical (unpaired) electrons. The molecular weight excluding hydrogens is 539 g/mol. The van der Waals surface area contributed by atoms with Crippen LogP contribution in [0.5, 0.6) is 0 Å². The first-order valence-electron chi connectivity index (χ1n) is 10.2. The van der Waals surface area contributed by atoms with E-state index >= 15 is 17.6 Å². The van der Waals surface area contributed by atoms with E-state index in [9.17, 15) is 49.4 Å². The van der Waals surface area contributed by atoms with Crippen LogP contribution in [0.1, 0.15) is 45.4 Å². The number of rotatable bonds is 4. The van der Waals surface area contributed by atoms with Crippen LogP contribution >= 0.6 is 0 Å². The monoisotopic (exact) mass is 558 g/mol. The first kappa shape index (κ1) is 30.4. The maximum atomic E-state index is 15.5. The summed E-state index contributed by atoms with van der Waals surface area (Å²) < 4.78 is 192. The largest absolute Gasteiger partial charge is 0.462 e. The standard InChI is InChI=1S/C19H19F13O4/c1-3-12(34)15(23,24)13(18(27,28)29,10-7-5-4-6-8-10)36-17(16(12,25)26,19(30,31)32)35-11(33)9(2)14(20,21)22/h10,34H,2-8H2,1H3. The smallest absolute Gasteiger partial charge is 0.414 e. The molecule has 3 unspecified atom stereocenters. The van der Waals surface area contributed by atoms with Crippen LogP contribution < -0.4 is 0 Å². The lowest BCUT2D eigenvalue weighted by Gasteiger charge is -2.62. The van der Waals surface area contributed by atoms with Crippen molar-refractivity contribution >= 4 is 5.97 Å². The van der Waals surface area contributed by atoms with Crippen molar-refractivity contribution in [3.63, 3.8) is 0 Å². The number of halogens is 13. The first-order chi connectivity index (χ1) is 15.9. The molecule has 1 aliphatic heterocycles. The topological polar surface area (TPSA) is 55.8 Å². The Kier molecular flexibility index (Phi) is 7.30. The predicted octanol–water partition coefficient (Wildman–Crippen LogP) is 6.23. The molecule has 36 heavy (non-hydrogen) atoms. The molecule has 1 N–H and O–H groups in total. The molecule has 0 aromatic rings. The van der Waals surface area contributed by atoms with Gasteiger partial charge in [0.1, 0.15) is 5.57 Å². The van der Waals surface area contributed by atoms with E-state index in [1.165, 1.54) is 0 Å². The van der Waals surface area contributed by atoms with E-state index in [0.717, 1.165) is 0 Å². The van der Waals surface area contributed by atoms with Crippen molar-refractivity contribution in [2.24, 2.45) is 5.92 Å². The second-order valence-corrected chi connectivity index (χ2v) is 8.51. The molecule has 1 saturated carbocycles. The first-order valence-corrected chi connectivity index (χ1v) is 10.2.